The van der Waals surface area contributed by atoms with E-state index >= 15 is 0 Å². The van der Waals surface area contributed by atoms with Crippen LogP contribution >= 0.6 is 0 Å². The van der Waals surface area contributed by atoms with Gasteiger partial charge in [0.15, 0.2) is 11.9 Å². The highest BCUT2D eigenvalue weighted by atomic mass is 16.3. The molecule has 7 atom stereocenters. The Hall–Kier alpha value is -8.81. The predicted octanol–water partition coefficient (Wildman–Crippen LogP) is -2.54. The van der Waals surface area contributed by atoms with Crippen molar-refractivity contribution in [3.63, 3.8) is 0 Å². The summed E-state index contributed by atoms with van der Waals surface area (Å²) in [5.74, 6) is -7.51. The van der Waals surface area contributed by atoms with Gasteiger partial charge in [-0.15, -0.1) is 0 Å². The standard InChI is InChI=1S/C54H78N16O10/c1-32(2)26-42(68-49(77)41(28-33-12-5-3-6-13-33)67-47(75)37(55)27-34-19-21-36(71)22-20-34)51(79)69(30-35-14-7-4-8-15-35)31-45(73)64-39(17-10-24-63-54(60)61)52(80)70-25-11-18-43(70)50(78)65-38(16-9-23-62-53(58)59)48(76)66-40(46(57)74)29-44(56)72/h3-8,12-15,19-22,32,37-43,71H,9-11,16-18,23-31,55H2,1-2H3,(H2,56,72)(H2,57,74)(H,64,73)(H,65,78)(H,66,76)(H,67,75)(H,68,77)(H4,58,59,62)(H4,60,61,63)/t37-,38-,39-,40-,41-,42-,43-/m0/s1. The number of likely N-dealkylation sites (tertiary alicyclic amines) is 1. The van der Waals surface area contributed by atoms with Crippen molar-refractivity contribution in [3.05, 3.63) is 102 Å². The maximum Gasteiger partial charge on any atom is 0.245 e. The summed E-state index contributed by atoms with van der Waals surface area (Å²) in [6.07, 6.45) is 0.428. The summed E-state index contributed by atoms with van der Waals surface area (Å²) in [4.78, 5) is 134. The van der Waals surface area contributed by atoms with Gasteiger partial charge in [0, 0.05) is 32.6 Å². The summed E-state index contributed by atoms with van der Waals surface area (Å²) in [6, 6.07) is 15.2. The maximum atomic E-state index is 15.0. The minimum absolute atomic E-state index is 0.0256. The van der Waals surface area contributed by atoms with Gasteiger partial charge < -0.3 is 81.6 Å². The highest BCUT2D eigenvalue weighted by molar-refractivity contribution is 5.98. The second-order valence-electron chi connectivity index (χ2n) is 20.0. The molecule has 0 unspecified atom stereocenters. The average molecular weight is 1110 g/mol. The van der Waals surface area contributed by atoms with Gasteiger partial charge in [-0.2, -0.15) is 0 Å². The first-order valence-electron chi connectivity index (χ1n) is 26.4. The molecule has 0 aromatic heterocycles. The van der Waals surface area contributed by atoms with Crippen molar-refractivity contribution in [2.45, 2.75) is 127 Å². The molecule has 9 amide bonds. The van der Waals surface area contributed by atoms with Crippen molar-refractivity contribution >= 4 is 65.1 Å². The number of rotatable bonds is 32. The molecule has 20 N–H and O–H groups in total. The van der Waals surface area contributed by atoms with Crippen LogP contribution in [0.2, 0.25) is 0 Å². The number of phenolic OH excluding ortho intramolecular Hbond substituents is 1. The van der Waals surface area contributed by atoms with Crippen molar-refractivity contribution in [1.29, 1.82) is 0 Å². The van der Waals surface area contributed by atoms with Crippen LogP contribution in [0.1, 0.15) is 81.9 Å². The molecule has 1 saturated heterocycles. The number of benzene rings is 3. The average Bonchev–Trinajstić information content (AvgIpc) is 3.90. The van der Waals surface area contributed by atoms with Crippen LogP contribution in [0.3, 0.4) is 0 Å². The number of nitrogens with zero attached hydrogens (tertiary/aromatic N) is 4. The third kappa shape index (κ3) is 21.9. The van der Waals surface area contributed by atoms with Gasteiger partial charge in [0.25, 0.3) is 0 Å². The summed E-state index contributed by atoms with van der Waals surface area (Å²) in [6.45, 7) is 3.21. The Kier molecular flexibility index (Phi) is 25.6. The summed E-state index contributed by atoms with van der Waals surface area (Å²) in [7, 11) is 0. The quantitative estimate of drug-likeness (QED) is 0.0174. The molecule has 0 bridgehead atoms. The Morgan fingerprint density at radius 3 is 1.74 bits per heavy atom. The lowest BCUT2D eigenvalue weighted by Gasteiger charge is -2.32. The summed E-state index contributed by atoms with van der Waals surface area (Å²) in [5, 5.41) is 23.2. The second-order valence-corrected chi connectivity index (χ2v) is 20.0. The van der Waals surface area contributed by atoms with Gasteiger partial charge in [-0.3, -0.25) is 53.1 Å². The Labute approximate surface area is 464 Å². The van der Waals surface area contributed by atoms with Crippen molar-refractivity contribution in [1.82, 2.24) is 36.4 Å². The van der Waals surface area contributed by atoms with Gasteiger partial charge in [0.1, 0.15) is 42.0 Å². The van der Waals surface area contributed by atoms with Crippen LogP contribution in [0.15, 0.2) is 94.9 Å². The number of aliphatic imine (C=N–C) groups is 2. The number of phenols is 1. The van der Waals surface area contributed by atoms with Crippen LogP contribution in [0.5, 0.6) is 5.75 Å². The number of nitrogens with two attached hydrogens (primary N) is 7. The fourth-order valence-corrected chi connectivity index (χ4v) is 8.93. The van der Waals surface area contributed by atoms with Gasteiger partial charge in [0.2, 0.25) is 53.2 Å². The molecule has 1 aliphatic rings. The first kappa shape index (κ1) is 63.7. The second kappa shape index (κ2) is 32.2. The van der Waals surface area contributed by atoms with E-state index in [-0.39, 0.29) is 101 Å². The van der Waals surface area contributed by atoms with Crippen LogP contribution in [0.25, 0.3) is 0 Å². The highest BCUT2D eigenvalue weighted by Gasteiger charge is 2.40. The van der Waals surface area contributed by atoms with Crippen LogP contribution < -0.4 is 66.7 Å². The largest absolute Gasteiger partial charge is 0.508 e. The molecule has 3 aromatic carbocycles. The number of primary amides is 2. The molecule has 1 aliphatic heterocycles. The molecule has 434 valence electrons. The van der Waals surface area contributed by atoms with E-state index in [0.717, 1.165) is 0 Å². The molecular weight excluding hydrogens is 1030 g/mol. The van der Waals surface area contributed by atoms with Crippen molar-refractivity contribution in [2.24, 2.45) is 56.0 Å². The zero-order valence-electron chi connectivity index (χ0n) is 45.3. The van der Waals surface area contributed by atoms with E-state index in [2.05, 4.69) is 36.6 Å². The molecule has 0 aliphatic carbocycles. The van der Waals surface area contributed by atoms with Gasteiger partial charge in [-0.25, -0.2) is 0 Å². The summed E-state index contributed by atoms with van der Waals surface area (Å²) in [5.41, 5.74) is 41.1. The topological polar surface area (TPSA) is 447 Å². The van der Waals surface area contributed by atoms with E-state index in [1.807, 2.05) is 13.8 Å². The fourth-order valence-electron chi connectivity index (χ4n) is 8.93. The molecule has 1 fully saturated rings. The third-order valence-corrected chi connectivity index (χ3v) is 12.9. The number of aromatic hydroxyl groups is 1. The number of hydrogen-bond donors (Lipinski definition) is 13. The minimum Gasteiger partial charge on any atom is -0.508 e. The molecular formula is C54H78N16O10. The van der Waals surface area contributed by atoms with Gasteiger partial charge in [-0.05, 0) is 86.1 Å². The minimum atomic E-state index is -1.49. The number of carbonyl (C=O) groups is 9. The molecule has 26 heteroatoms. The fraction of sp³-hybridized carbons (Fsp3) is 0.463. The van der Waals surface area contributed by atoms with Crippen LogP contribution in [-0.2, 0) is 62.5 Å². The first-order chi connectivity index (χ1) is 38.0. The Morgan fingerprint density at radius 1 is 0.637 bits per heavy atom. The van der Waals surface area contributed by atoms with E-state index in [9.17, 15) is 48.3 Å². The van der Waals surface area contributed by atoms with E-state index < -0.39 is 108 Å². The Morgan fingerprint density at radius 2 is 1.18 bits per heavy atom. The lowest BCUT2D eigenvalue weighted by molar-refractivity contribution is -0.144. The molecule has 4 rings (SSSR count). The SMILES string of the molecule is CC(C)C[C@H](NC(=O)[C@H](Cc1ccccc1)NC(=O)[C@@H](N)Cc1ccc(O)cc1)C(=O)N(CC(=O)N[C@@H](CCCN=C(N)N)C(=O)N1CCC[C@H]1C(=O)N[C@@H](CCCN=C(N)N)C(=O)N[C@@H](CC(N)=O)C(N)=O)Cc1ccccc1. The van der Waals surface area contributed by atoms with E-state index in [0.29, 0.717) is 23.1 Å². The molecule has 80 heavy (non-hydrogen) atoms. The molecule has 3 aromatic rings. The van der Waals surface area contributed by atoms with Crippen molar-refractivity contribution in [2.75, 3.05) is 26.2 Å². The Balaban J connectivity index is 1.61. The molecule has 0 saturated carbocycles. The summed E-state index contributed by atoms with van der Waals surface area (Å²) < 4.78 is 0. The van der Waals surface area contributed by atoms with Gasteiger partial charge >= 0.3 is 0 Å². The third-order valence-electron chi connectivity index (χ3n) is 12.9. The van der Waals surface area contributed by atoms with Crippen LogP contribution in [0, 0.1) is 5.92 Å². The molecule has 26 nitrogen and oxygen atoms in total. The summed E-state index contributed by atoms with van der Waals surface area (Å²) >= 11 is 0. The number of hydrogen-bond acceptors (Lipinski definition) is 13. The lowest BCUT2D eigenvalue weighted by Crippen LogP contribution is -2.59. The maximum absolute atomic E-state index is 15.0. The zero-order valence-corrected chi connectivity index (χ0v) is 45.3. The number of carbonyl (C=O) groups excluding carboxylic acids is 9. The molecule has 1 heterocycles. The molecule has 0 spiro atoms. The van der Waals surface area contributed by atoms with Crippen LogP contribution in [0.4, 0.5) is 0 Å². The zero-order chi connectivity index (χ0) is 58.9. The van der Waals surface area contributed by atoms with Crippen molar-refractivity contribution < 1.29 is 48.3 Å². The highest BCUT2D eigenvalue weighted by Crippen LogP contribution is 2.21. The van der Waals surface area contributed by atoms with E-state index in [1.165, 1.54) is 21.9 Å². The lowest BCUT2D eigenvalue weighted by atomic mass is 9.99. The van der Waals surface area contributed by atoms with Crippen LogP contribution in [-0.4, -0.2) is 148 Å². The number of amides is 9. The predicted molar refractivity (Wildman–Crippen MR) is 298 cm³/mol. The van der Waals surface area contributed by atoms with E-state index in [4.69, 9.17) is 40.1 Å². The smallest absolute Gasteiger partial charge is 0.245 e. The Bertz CT molecular complexity index is 2630. The van der Waals surface area contributed by atoms with E-state index in [1.54, 1.807) is 72.8 Å². The van der Waals surface area contributed by atoms with Crippen molar-refractivity contribution in [3.8, 4) is 5.75 Å². The first-order valence-corrected chi connectivity index (χ1v) is 26.4. The van der Waals surface area contributed by atoms with Gasteiger partial charge in [-0.1, -0.05) is 86.6 Å². The van der Waals surface area contributed by atoms with Gasteiger partial charge in [0.05, 0.1) is 19.0 Å². The monoisotopic (exact) mass is 1110 g/mol. The normalized spacial score (nSPS) is 15.1. The number of nitrogens with one attached hydrogen (secondary N) is 5. The number of guanidine groups is 2. The molecule has 0 radical (unpaired) electrons.